The van der Waals surface area contributed by atoms with Gasteiger partial charge >= 0.3 is 0 Å². The topological polar surface area (TPSA) is 3.24 Å². The highest BCUT2D eigenvalue weighted by Crippen LogP contribution is 2.60. The van der Waals surface area contributed by atoms with Crippen molar-refractivity contribution in [3.8, 4) is 0 Å². The Kier molecular flexibility index (Phi) is 9.13. The minimum absolute atomic E-state index is 0.428. The van der Waals surface area contributed by atoms with Crippen LogP contribution in [-0.2, 0) is 6.42 Å². The maximum atomic E-state index is 3.06. The molecule has 0 aromatic heterocycles. The lowest BCUT2D eigenvalue weighted by Crippen LogP contribution is -2.41. The molecule has 2 atom stereocenters. The Bertz CT molecular complexity index is 1410. The van der Waals surface area contributed by atoms with Gasteiger partial charge in [-0.1, -0.05) is 178 Å². The molecule has 216 valence electrons. The molecule has 7 rings (SSSR count). The molecule has 0 radical (unpaired) electrons. The molecule has 5 aromatic rings. The van der Waals surface area contributed by atoms with Gasteiger partial charge in [-0.15, -0.1) is 0 Å². The molecule has 3 heteroatoms. The predicted octanol–water partition coefficient (Wildman–Crippen LogP) is 9.06. The Morgan fingerprint density at radius 1 is 0.488 bits per heavy atom. The summed E-state index contributed by atoms with van der Waals surface area (Å²) in [6, 6.07) is 55.5. The monoisotopic (exact) mass is 597 g/mol. The van der Waals surface area contributed by atoms with E-state index in [1.807, 2.05) is 0 Å². The van der Waals surface area contributed by atoms with Crippen LogP contribution in [-0.4, -0.2) is 10.5 Å². The van der Waals surface area contributed by atoms with Crippen molar-refractivity contribution in [3.63, 3.8) is 0 Å². The first kappa shape index (κ1) is 28.7. The molecule has 0 amide bonds. The highest BCUT2D eigenvalue weighted by molar-refractivity contribution is 7.84. The van der Waals surface area contributed by atoms with Crippen LogP contribution < -0.4 is 21.2 Å². The van der Waals surface area contributed by atoms with E-state index < -0.39 is 16.1 Å². The van der Waals surface area contributed by atoms with E-state index in [0.717, 1.165) is 12.3 Å². The molecule has 5 aromatic carbocycles. The van der Waals surface area contributed by atoms with Gasteiger partial charge in [0.2, 0.25) is 0 Å². The fraction of sp³-hybridized carbons (Fsp3) is 0.250. The van der Waals surface area contributed by atoms with Gasteiger partial charge in [-0.25, -0.2) is 4.44 Å². The Labute approximate surface area is 260 Å². The van der Waals surface area contributed by atoms with Gasteiger partial charge in [0.1, 0.15) is 0 Å². The average Bonchev–Trinajstić information content (AvgIpc) is 3.44. The molecular formula is C40H41NP2. The van der Waals surface area contributed by atoms with Crippen LogP contribution in [0.3, 0.4) is 0 Å². The second-order valence-corrected chi connectivity index (χ2v) is 16.6. The van der Waals surface area contributed by atoms with Crippen LogP contribution in [0.2, 0.25) is 0 Å². The zero-order valence-electron chi connectivity index (χ0n) is 24.9. The minimum Gasteiger partial charge on any atom is -0.241 e. The fourth-order valence-electron chi connectivity index (χ4n) is 7.40. The molecule has 1 saturated carbocycles. The third-order valence-corrected chi connectivity index (χ3v) is 15.0. The van der Waals surface area contributed by atoms with Crippen molar-refractivity contribution in [2.45, 2.75) is 56.9 Å². The summed E-state index contributed by atoms with van der Waals surface area (Å²) in [6.45, 7) is 0. The first-order chi connectivity index (χ1) is 21.4. The summed E-state index contributed by atoms with van der Waals surface area (Å²) in [5, 5.41) is 5.76. The second-order valence-electron chi connectivity index (χ2n) is 12.1. The SMILES string of the molecule is c1ccc(P(c2ccccc2)N(C2Cc3ccccc3C2CC2CCCCC2)P(c2ccccc2)c2ccccc2)cc1. The first-order valence-electron chi connectivity index (χ1n) is 16.0. The third kappa shape index (κ3) is 6.28. The number of fused-ring (bicyclic) bond motifs is 1. The quantitative estimate of drug-likeness (QED) is 0.153. The molecule has 2 aliphatic rings. The lowest BCUT2D eigenvalue weighted by atomic mass is 9.80. The van der Waals surface area contributed by atoms with Gasteiger partial charge < -0.3 is 0 Å². The summed E-state index contributed by atoms with van der Waals surface area (Å²) >= 11 is 0. The van der Waals surface area contributed by atoms with Gasteiger partial charge in [0.25, 0.3) is 0 Å². The van der Waals surface area contributed by atoms with Crippen LogP contribution in [0, 0.1) is 5.92 Å². The predicted molar refractivity (Wildman–Crippen MR) is 188 cm³/mol. The van der Waals surface area contributed by atoms with E-state index in [-0.39, 0.29) is 0 Å². The van der Waals surface area contributed by atoms with Gasteiger partial charge in [0, 0.05) is 28.1 Å². The number of hydrogen-bond acceptors (Lipinski definition) is 1. The van der Waals surface area contributed by atoms with E-state index >= 15 is 0 Å². The summed E-state index contributed by atoms with van der Waals surface area (Å²) in [7, 11) is -1.60. The van der Waals surface area contributed by atoms with Gasteiger partial charge in [-0.2, -0.15) is 0 Å². The van der Waals surface area contributed by atoms with Crippen molar-refractivity contribution in [1.82, 2.24) is 4.44 Å². The summed E-state index contributed by atoms with van der Waals surface area (Å²) < 4.78 is 3.06. The third-order valence-electron chi connectivity index (χ3n) is 9.37. The average molecular weight is 598 g/mol. The van der Waals surface area contributed by atoms with Crippen molar-refractivity contribution in [2.75, 3.05) is 0 Å². The number of rotatable bonds is 9. The van der Waals surface area contributed by atoms with Crippen molar-refractivity contribution in [2.24, 2.45) is 5.92 Å². The molecule has 1 nitrogen and oxygen atoms in total. The van der Waals surface area contributed by atoms with Crippen molar-refractivity contribution >= 4 is 37.4 Å². The van der Waals surface area contributed by atoms with Crippen LogP contribution in [0.4, 0.5) is 0 Å². The number of hydrogen-bond donors (Lipinski definition) is 0. The van der Waals surface area contributed by atoms with Crippen molar-refractivity contribution < 1.29 is 0 Å². The first-order valence-corrected chi connectivity index (χ1v) is 18.6. The minimum atomic E-state index is -0.802. The van der Waals surface area contributed by atoms with Gasteiger partial charge in [0.05, 0.1) is 0 Å². The van der Waals surface area contributed by atoms with Crippen LogP contribution in [0.15, 0.2) is 146 Å². The lowest BCUT2D eigenvalue weighted by molar-refractivity contribution is 0.289. The van der Waals surface area contributed by atoms with E-state index in [2.05, 4.69) is 150 Å². The zero-order valence-corrected chi connectivity index (χ0v) is 26.7. The van der Waals surface area contributed by atoms with Gasteiger partial charge in [-0.3, -0.25) is 0 Å². The van der Waals surface area contributed by atoms with Gasteiger partial charge in [0.15, 0.2) is 0 Å². The van der Waals surface area contributed by atoms with Gasteiger partial charge in [-0.05, 0) is 51.1 Å². The molecule has 0 heterocycles. The standard InChI is InChI=1S/C40H41NP2/c1-6-18-32(19-7-1)30-39-38-29-17-16-20-33(38)31-40(39)41(42(34-21-8-2-9-22-34)35-23-10-3-11-24-35)43(36-25-12-4-13-26-36)37-27-14-5-15-28-37/h2-5,8-17,20-29,32,39-40H,1,6-7,18-19,30-31H2. The second kappa shape index (κ2) is 13.7. The fourth-order valence-corrected chi connectivity index (χ4v) is 13.8. The van der Waals surface area contributed by atoms with E-state index in [1.54, 1.807) is 11.1 Å². The van der Waals surface area contributed by atoms with E-state index in [4.69, 9.17) is 0 Å². The zero-order chi connectivity index (χ0) is 28.8. The Balaban J connectivity index is 1.45. The summed E-state index contributed by atoms with van der Waals surface area (Å²) in [5.41, 5.74) is 3.17. The van der Waals surface area contributed by atoms with Crippen LogP contribution in [0.1, 0.15) is 55.6 Å². The van der Waals surface area contributed by atoms with E-state index in [0.29, 0.717) is 12.0 Å². The normalized spacial score (nSPS) is 18.8. The summed E-state index contributed by atoms with van der Waals surface area (Å²) in [4.78, 5) is 0. The molecule has 2 aliphatic carbocycles. The molecule has 2 unspecified atom stereocenters. The molecule has 1 fully saturated rings. The Morgan fingerprint density at radius 3 is 1.37 bits per heavy atom. The van der Waals surface area contributed by atoms with Crippen molar-refractivity contribution in [1.29, 1.82) is 0 Å². The molecule has 0 aliphatic heterocycles. The molecule has 0 spiro atoms. The lowest BCUT2D eigenvalue weighted by Gasteiger charge is -2.45. The summed E-state index contributed by atoms with van der Waals surface area (Å²) in [6.07, 6.45) is 9.41. The largest absolute Gasteiger partial charge is 0.241 e. The Hall–Kier alpha value is -3.08. The maximum Gasteiger partial charge on any atom is 0.0326 e. The number of nitrogens with zero attached hydrogens (tertiary/aromatic N) is 1. The smallest absolute Gasteiger partial charge is 0.0326 e. The maximum absolute atomic E-state index is 3.06. The van der Waals surface area contributed by atoms with E-state index in [9.17, 15) is 0 Å². The highest BCUT2D eigenvalue weighted by Gasteiger charge is 2.44. The van der Waals surface area contributed by atoms with Crippen LogP contribution >= 0.6 is 16.1 Å². The molecule has 43 heavy (non-hydrogen) atoms. The summed E-state index contributed by atoms with van der Waals surface area (Å²) in [5.74, 6) is 1.36. The highest BCUT2D eigenvalue weighted by atomic mass is 31.2. The number of benzene rings is 5. The Morgan fingerprint density at radius 2 is 0.907 bits per heavy atom. The molecule has 0 saturated heterocycles. The van der Waals surface area contributed by atoms with Crippen molar-refractivity contribution in [3.05, 3.63) is 157 Å². The molecule has 0 bridgehead atoms. The molecule has 0 N–H and O–H groups in total. The van der Waals surface area contributed by atoms with Crippen LogP contribution in [0.5, 0.6) is 0 Å². The van der Waals surface area contributed by atoms with E-state index in [1.165, 1.54) is 59.7 Å². The molecular weight excluding hydrogens is 556 g/mol. The van der Waals surface area contributed by atoms with Crippen LogP contribution in [0.25, 0.3) is 0 Å².